The van der Waals surface area contributed by atoms with Gasteiger partial charge in [-0.2, -0.15) is 0 Å². The fourth-order valence-electron chi connectivity index (χ4n) is 4.55. The largest absolute Gasteiger partial charge is 0.360 e. The maximum Gasteiger partial charge on any atom is 0.257 e. The topological polar surface area (TPSA) is 52.2 Å². The number of hydrogen-bond acceptors (Lipinski definition) is 3. The quantitative estimate of drug-likeness (QED) is 0.693. The number of aromatic nitrogens is 2. The lowest BCUT2D eigenvalue weighted by atomic mass is 9.98. The highest BCUT2D eigenvalue weighted by Gasteiger charge is 2.25. The standard InChI is InChI=1S/C24H25FN4O/c25-18-6-7-19-21(16-27-22(19)15-18)17-8-13-28(14-9-17)23-20(5-4-10-26-23)24(30)29-11-2-1-3-12-29/h4-8,10,15-16,27H,1-3,9,11-14H2. The van der Waals surface area contributed by atoms with Crippen LogP contribution in [0.5, 0.6) is 0 Å². The van der Waals surface area contributed by atoms with Gasteiger partial charge in [0.05, 0.1) is 5.56 Å². The van der Waals surface area contributed by atoms with Gasteiger partial charge in [-0.3, -0.25) is 4.79 Å². The fourth-order valence-corrected chi connectivity index (χ4v) is 4.55. The molecule has 5 nitrogen and oxygen atoms in total. The number of carbonyl (C=O) groups excluding carboxylic acids is 1. The fraction of sp³-hybridized carbons (Fsp3) is 0.333. The molecule has 6 heteroatoms. The van der Waals surface area contributed by atoms with Crippen LogP contribution in [0, 0.1) is 5.82 Å². The molecule has 1 N–H and O–H groups in total. The lowest BCUT2D eigenvalue weighted by Gasteiger charge is -2.31. The number of H-pyrrole nitrogens is 1. The minimum absolute atomic E-state index is 0.0891. The van der Waals surface area contributed by atoms with Crippen LogP contribution in [0.3, 0.4) is 0 Å². The SMILES string of the molecule is O=C(c1cccnc1N1CC=C(c2c[nH]c3cc(F)ccc23)CC1)N1CCCCC1. The number of piperidine rings is 1. The molecule has 0 saturated carbocycles. The summed E-state index contributed by atoms with van der Waals surface area (Å²) in [5.74, 6) is 0.622. The van der Waals surface area contributed by atoms with Gasteiger partial charge in [0.15, 0.2) is 0 Å². The molecule has 1 aromatic carbocycles. The lowest BCUT2D eigenvalue weighted by Crippen LogP contribution is -2.37. The summed E-state index contributed by atoms with van der Waals surface area (Å²) >= 11 is 0. The maximum absolute atomic E-state index is 13.5. The number of anilines is 1. The number of hydrogen-bond donors (Lipinski definition) is 1. The Balaban J connectivity index is 1.39. The highest BCUT2D eigenvalue weighted by molar-refractivity contribution is 5.99. The summed E-state index contributed by atoms with van der Waals surface area (Å²) in [5.41, 5.74) is 3.87. The molecule has 2 aromatic heterocycles. The molecular weight excluding hydrogens is 379 g/mol. The van der Waals surface area contributed by atoms with Crippen LogP contribution >= 0.6 is 0 Å². The Morgan fingerprint density at radius 2 is 1.97 bits per heavy atom. The second-order valence-electron chi connectivity index (χ2n) is 8.05. The molecule has 0 unspecified atom stereocenters. The van der Waals surface area contributed by atoms with Crippen molar-refractivity contribution in [2.75, 3.05) is 31.1 Å². The van der Waals surface area contributed by atoms with Crippen molar-refractivity contribution in [2.45, 2.75) is 25.7 Å². The minimum atomic E-state index is -0.235. The smallest absolute Gasteiger partial charge is 0.257 e. The van der Waals surface area contributed by atoms with Crippen molar-refractivity contribution < 1.29 is 9.18 Å². The van der Waals surface area contributed by atoms with Gasteiger partial charge >= 0.3 is 0 Å². The average Bonchev–Trinajstić information content (AvgIpc) is 3.22. The molecule has 1 fully saturated rings. The third kappa shape index (κ3) is 3.47. The number of likely N-dealkylation sites (tertiary alicyclic amines) is 1. The van der Waals surface area contributed by atoms with Crippen LogP contribution in [0.15, 0.2) is 48.8 Å². The number of nitrogens with zero attached hydrogens (tertiary/aromatic N) is 3. The predicted octanol–water partition coefficient (Wildman–Crippen LogP) is 4.62. The summed E-state index contributed by atoms with van der Waals surface area (Å²) in [5, 5.41) is 1.04. The van der Waals surface area contributed by atoms with E-state index in [1.165, 1.54) is 24.1 Å². The predicted molar refractivity (Wildman–Crippen MR) is 117 cm³/mol. The molecular formula is C24H25FN4O. The molecule has 0 spiro atoms. The monoisotopic (exact) mass is 404 g/mol. The molecule has 3 aromatic rings. The van der Waals surface area contributed by atoms with Gasteiger partial charge in [-0.15, -0.1) is 0 Å². The van der Waals surface area contributed by atoms with Crippen LogP contribution in [0.25, 0.3) is 16.5 Å². The van der Waals surface area contributed by atoms with Crippen LogP contribution in [0.1, 0.15) is 41.6 Å². The van der Waals surface area contributed by atoms with Gasteiger partial charge in [0.2, 0.25) is 0 Å². The summed E-state index contributed by atoms with van der Waals surface area (Å²) in [6.07, 6.45) is 10.1. The van der Waals surface area contributed by atoms with Gasteiger partial charge in [0, 0.05) is 55.0 Å². The van der Waals surface area contributed by atoms with Crippen molar-refractivity contribution in [1.82, 2.24) is 14.9 Å². The number of fused-ring (bicyclic) bond motifs is 1. The van der Waals surface area contributed by atoms with Crippen molar-refractivity contribution >= 4 is 28.2 Å². The Morgan fingerprint density at radius 3 is 2.77 bits per heavy atom. The van der Waals surface area contributed by atoms with E-state index in [4.69, 9.17) is 0 Å². The first-order valence-electron chi connectivity index (χ1n) is 10.7. The van der Waals surface area contributed by atoms with Gasteiger partial charge in [0.1, 0.15) is 11.6 Å². The summed E-state index contributed by atoms with van der Waals surface area (Å²) in [4.78, 5) is 25.0. The van der Waals surface area contributed by atoms with Gasteiger partial charge in [-0.1, -0.05) is 6.08 Å². The lowest BCUT2D eigenvalue weighted by molar-refractivity contribution is 0.0724. The number of amides is 1. The minimum Gasteiger partial charge on any atom is -0.360 e. The Hall–Kier alpha value is -3.15. The maximum atomic E-state index is 13.5. The molecule has 0 atom stereocenters. The van der Waals surface area contributed by atoms with Crippen LogP contribution in [0.2, 0.25) is 0 Å². The van der Waals surface area contributed by atoms with E-state index in [0.717, 1.165) is 61.2 Å². The summed E-state index contributed by atoms with van der Waals surface area (Å²) in [6, 6.07) is 8.60. The van der Waals surface area contributed by atoms with E-state index in [1.807, 2.05) is 29.3 Å². The Morgan fingerprint density at radius 1 is 1.10 bits per heavy atom. The second kappa shape index (κ2) is 7.94. The number of halogens is 1. The molecule has 0 radical (unpaired) electrons. The Kier molecular flexibility index (Phi) is 4.99. The van der Waals surface area contributed by atoms with E-state index in [0.29, 0.717) is 12.1 Å². The third-order valence-corrected chi connectivity index (χ3v) is 6.16. The molecule has 30 heavy (non-hydrogen) atoms. The molecule has 4 heterocycles. The summed E-state index contributed by atoms with van der Waals surface area (Å²) in [7, 11) is 0. The highest BCUT2D eigenvalue weighted by Crippen LogP contribution is 2.31. The van der Waals surface area contributed by atoms with E-state index in [-0.39, 0.29) is 11.7 Å². The average molecular weight is 404 g/mol. The summed E-state index contributed by atoms with van der Waals surface area (Å²) < 4.78 is 13.5. The normalized spacial score (nSPS) is 17.3. The molecule has 1 saturated heterocycles. The van der Waals surface area contributed by atoms with Gasteiger partial charge in [-0.25, -0.2) is 9.37 Å². The number of pyridine rings is 1. The van der Waals surface area contributed by atoms with E-state index in [2.05, 4.69) is 20.9 Å². The number of rotatable bonds is 3. The number of benzene rings is 1. The van der Waals surface area contributed by atoms with Gasteiger partial charge < -0.3 is 14.8 Å². The third-order valence-electron chi connectivity index (χ3n) is 6.16. The highest BCUT2D eigenvalue weighted by atomic mass is 19.1. The first-order valence-corrected chi connectivity index (χ1v) is 10.7. The molecule has 0 bridgehead atoms. The number of aromatic amines is 1. The van der Waals surface area contributed by atoms with E-state index >= 15 is 0 Å². The first kappa shape index (κ1) is 18.9. The summed E-state index contributed by atoms with van der Waals surface area (Å²) in [6.45, 7) is 3.15. The van der Waals surface area contributed by atoms with E-state index in [9.17, 15) is 9.18 Å². The van der Waals surface area contributed by atoms with Crippen molar-refractivity contribution in [3.05, 3.63) is 65.7 Å². The van der Waals surface area contributed by atoms with Gasteiger partial charge in [-0.05, 0) is 61.6 Å². The molecule has 2 aliphatic rings. The number of carbonyl (C=O) groups is 1. The van der Waals surface area contributed by atoms with Crippen molar-refractivity contribution in [3.63, 3.8) is 0 Å². The Labute approximate surface area is 175 Å². The van der Waals surface area contributed by atoms with Crippen LogP contribution in [-0.2, 0) is 0 Å². The molecule has 0 aliphatic carbocycles. The van der Waals surface area contributed by atoms with Gasteiger partial charge in [0.25, 0.3) is 5.91 Å². The second-order valence-corrected chi connectivity index (χ2v) is 8.05. The van der Waals surface area contributed by atoms with E-state index < -0.39 is 0 Å². The molecule has 2 aliphatic heterocycles. The zero-order valence-corrected chi connectivity index (χ0v) is 16.9. The zero-order valence-electron chi connectivity index (χ0n) is 16.9. The van der Waals surface area contributed by atoms with Crippen molar-refractivity contribution in [1.29, 1.82) is 0 Å². The van der Waals surface area contributed by atoms with Crippen LogP contribution in [0.4, 0.5) is 10.2 Å². The Bertz CT molecular complexity index is 1110. The molecule has 5 rings (SSSR count). The number of nitrogens with one attached hydrogen (secondary N) is 1. The molecule has 154 valence electrons. The van der Waals surface area contributed by atoms with E-state index in [1.54, 1.807) is 6.20 Å². The van der Waals surface area contributed by atoms with Crippen molar-refractivity contribution in [2.24, 2.45) is 0 Å². The molecule has 1 amide bonds. The van der Waals surface area contributed by atoms with Crippen molar-refractivity contribution in [3.8, 4) is 0 Å². The first-order chi connectivity index (χ1) is 14.7. The van der Waals surface area contributed by atoms with Crippen LogP contribution in [-0.4, -0.2) is 47.0 Å². The zero-order chi connectivity index (χ0) is 20.5. The van der Waals surface area contributed by atoms with Crippen LogP contribution < -0.4 is 4.90 Å².